The van der Waals surface area contributed by atoms with E-state index in [9.17, 15) is 14.7 Å². The first-order chi connectivity index (χ1) is 10.2. The molecule has 1 aromatic rings. The maximum atomic E-state index is 11.7. The number of ether oxygens (including phenoxy) is 1. The number of alkyl carbamates (subject to hydrolysis) is 1. The Labute approximate surface area is 137 Å². The van der Waals surface area contributed by atoms with Gasteiger partial charge in [-0.15, -0.1) is 0 Å². The van der Waals surface area contributed by atoms with Crippen molar-refractivity contribution in [1.82, 2.24) is 5.32 Å². The van der Waals surface area contributed by atoms with Crippen molar-refractivity contribution in [3.63, 3.8) is 0 Å². The van der Waals surface area contributed by atoms with Crippen LogP contribution in [-0.2, 0) is 14.9 Å². The number of carbonyl (C=O) groups excluding carboxylic acids is 1. The van der Waals surface area contributed by atoms with Crippen LogP contribution in [0.2, 0.25) is 5.32 Å². The molecule has 0 bridgehead atoms. The van der Waals surface area contributed by atoms with Crippen molar-refractivity contribution < 1.29 is 19.4 Å². The molecule has 0 aliphatic rings. The molecule has 0 unspecified atom stereocenters. The number of benzene rings is 1. The van der Waals surface area contributed by atoms with Crippen LogP contribution in [0.25, 0.3) is 0 Å². The quantitative estimate of drug-likeness (QED) is 0.753. The van der Waals surface area contributed by atoms with Gasteiger partial charge in [-0.1, -0.05) is 0 Å². The molecule has 0 aliphatic heterocycles. The number of carboxylic acid groups (broad SMARTS) is 1. The summed E-state index contributed by atoms with van der Waals surface area (Å²) in [6.45, 7) is 7.25. The van der Waals surface area contributed by atoms with Gasteiger partial charge in [0.15, 0.2) is 0 Å². The molecule has 1 aromatic carbocycles. The zero-order valence-electron chi connectivity index (χ0n) is 13.4. The number of hydrogen-bond acceptors (Lipinski definition) is 3. The van der Waals surface area contributed by atoms with E-state index in [1.165, 1.54) is 11.1 Å². The van der Waals surface area contributed by atoms with E-state index in [1.807, 2.05) is 31.2 Å². The molecule has 0 fully saturated rings. The molecular formula is C16H23NO4Se. The average Bonchev–Trinajstić information content (AvgIpc) is 2.37. The molecule has 0 aliphatic carbocycles. The minimum atomic E-state index is -1.03. The summed E-state index contributed by atoms with van der Waals surface area (Å²) in [4.78, 5) is 22.9. The topological polar surface area (TPSA) is 75.6 Å². The summed E-state index contributed by atoms with van der Waals surface area (Å²) in [7, 11) is 0. The summed E-state index contributed by atoms with van der Waals surface area (Å²) in [5.74, 6) is -1.03. The third-order valence-electron chi connectivity index (χ3n) is 2.66. The minimum absolute atomic E-state index is 0.0906. The van der Waals surface area contributed by atoms with Crippen LogP contribution in [0.1, 0.15) is 31.9 Å². The third-order valence-corrected chi connectivity index (χ3v) is 4.98. The second kappa shape index (κ2) is 8.20. The molecule has 22 heavy (non-hydrogen) atoms. The zero-order valence-corrected chi connectivity index (χ0v) is 15.1. The number of carboxylic acids is 1. The molecule has 1 amide bonds. The number of aryl methyl sites for hydroxylation is 1. The van der Waals surface area contributed by atoms with Crippen LogP contribution >= 0.6 is 0 Å². The molecule has 0 spiro atoms. The molecular weight excluding hydrogens is 349 g/mol. The second-order valence-corrected chi connectivity index (χ2v) is 8.20. The molecule has 0 saturated heterocycles. The fourth-order valence-corrected chi connectivity index (χ4v) is 3.72. The predicted molar refractivity (Wildman–Crippen MR) is 86.2 cm³/mol. The van der Waals surface area contributed by atoms with Crippen LogP contribution in [0.15, 0.2) is 24.3 Å². The van der Waals surface area contributed by atoms with E-state index in [1.54, 1.807) is 20.8 Å². The first kappa shape index (κ1) is 18.5. The van der Waals surface area contributed by atoms with E-state index >= 15 is 0 Å². The fraction of sp³-hybridized carbons (Fsp3) is 0.500. The van der Waals surface area contributed by atoms with Gasteiger partial charge in [-0.25, -0.2) is 0 Å². The van der Waals surface area contributed by atoms with Gasteiger partial charge in [-0.2, -0.15) is 0 Å². The Hall–Kier alpha value is -1.52. The van der Waals surface area contributed by atoms with Crippen molar-refractivity contribution in [1.29, 1.82) is 0 Å². The van der Waals surface area contributed by atoms with E-state index in [-0.39, 0.29) is 15.0 Å². The van der Waals surface area contributed by atoms with Gasteiger partial charge in [0.2, 0.25) is 0 Å². The number of amides is 1. The van der Waals surface area contributed by atoms with Gasteiger partial charge in [0, 0.05) is 0 Å². The number of aliphatic carboxylic acids is 1. The monoisotopic (exact) mass is 373 g/mol. The van der Waals surface area contributed by atoms with Gasteiger partial charge in [-0.05, 0) is 0 Å². The Kier molecular flexibility index (Phi) is 6.91. The van der Waals surface area contributed by atoms with Crippen molar-refractivity contribution in [3.05, 3.63) is 35.4 Å². The molecule has 5 nitrogen and oxygen atoms in total. The van der Waals surface area contributed by atoms with Crippen LogP contribution in [0.4, 0.5) is 4.79 Å². The Morgan fingerprint density at radius 2 is 1.86 bits per heavy atom. The first-order valence-corrected chi connectivity index (χ1v) is 9.45. The summed E-state index contributed by atoms with van der Waals surface area (Å²) in [5.41, 5.74) is 1.75. The van der Waals surface area contributed by atoms with Crippen molar-refractivity contribution in [3.8, 4) is 0 Å². The first-order valence-electron chi connectivity index (χ1n) is 7.03. The molecule has 122 valence electrons. The van der Waals surface area contributed by atoms with Crippen molar-refractivity contribution in [2.45, 2.75) is 50.0 Å². The summed E-state index contributed by atoms with van der Waals surface area (Å²) >= 11 is 0.0906. The van der Waals surface area contributed by atoms with E-state index < -0.39 is 23.7 Å². The third kappa shape index (κ3) is 7.48. The van der Waals surface area contributed by atoms with Crippen LogP contribution < -0.4 is 5.32 Å². The van der Waals surface area contributed by atoms with Gasteiger partial charge in [0.1, 0.15) is 0 Å². The standard InChI is InChI=1S/C16H23NO4Se/c1-11-5-7-12(8-6-11)9-22-10-13(14(18)19)17-15(20)21-16(2,3)4/h5-8,13H,9-10H2,1-4H3,(H,17,20)(H,18,19)/t13-/m1/s1. The Balaban J connectivity index is 2.46. The fourth-order valence-electron chi connectivity index (χ4n) is 1.60. The van der Waals surface area contributed by atoms with E-state index in [2.05, 4.69) is 5.32 Å². The number of hydrogen-bond donors (Lipinski definition) is 2. The Bertz CT molecular complexity index is 508. The zero-order chi connectivity index (χ0) is 16.8. The van der Waals surface area contributed by atoms with Crippen LogP contribution in [0, 0.1) is 6.92 Å². The van der Waals surface area contributed by atoms with Crippen molar-refractivity contribution in [2.75, 3.05) is 0 Å². The van der Waals surface area contributed by atoms with Gasteiger partial charge in [-0.3, -0.25) is 0 Å². The Morgan fingerprint density at radius 1 is 1.27 bits per heavy atom. The summed E-state index contributed by atoms with van der Waals surface area (Å²) in [6.07, 6.45) is -0.689. The molecule has 1 rings (SSSR count). The van der Waals surface area contributed by atoms with Crippen molar-refractivity contribution in [2.24, 2.45) is 0 Å². The number of nitrogens with one attached hydrogen (secondary N) is 1. The molecule has 0 radical (unpaired) electrons. The summed E-state index contributed by atoms with van der Waals surface area (Å²) in [5, 5.41) is 12.9. The molecule has 0 heterocycles. The average molecular weight is 372 g/mol. The van der Waals surface area contributed by atoms with Crippen LogP contribution in [0.5, 0.6) is 0 Å². The van der Waals surface area contributed by atoms with E-state index in [0.717, 1.165) is 5.32 Å². The molecule has 6 heteroatoms. The van der Waals surface area contributed by atoms with E-state index in [0.29, 0.717) is 5.32 Å². The van der Waals surface area contributed by atoms with Gasteiger partial charge < -0.3 is 0 Å². The SMILES string of the molecule is Cc1ccc(C[Se]C[C@@H](NC(=O)OC(C)(C)C)C(=O)O)cc1. The normalized spacial score (nSPS) is 12.5. The summed E-state index contributed by atoms with van der Waals surface area (Å²) in [6, 6.07) is 7.28. The van der Waals surface area contributed by atoms with Gasteiger partial charge >= 0.3 is 137 Å². The molecule has 1 atom stereocenters. The van der Waals surface area contributed by atoms with Gasteiger partial charge in [0.05, 0.1) is 0 Å². The number of carbonyl (C=O) groups is 2. The van der Waals surface area contributed by atoms with Crippen molar-refractivity contribution >= 4 is 27.0 Å². The Morgan fingerprint density at radius 3 is 2.36 bits per heavy atom. The van der Waals surface area contributed by atoms with Crippen LogP contribution in [0.3, 0.4) is 0 Å². The number of rotatable bonds is 6. The van der Waals surface area contributed by atoms with E-state index in [4.69, 9.17) is 4.74 Å². The van der Waals surface area contributed by atoms with Crippen LogP contribution in [-0.4, -0.2) is 43.8 Å². The maximum absolute atomic E-state index is 11.7. The second-order valence-electron chi connectivity index (χ2n) is 6.04. The molecule has 2 N–H and O–H groups in total. The predicted octanol–water partition coefficient (Wildman–Crippen LogP) is 2.60. The summed E-state index contributed by atoms with van der Waals surface area (Å²) < 4.78 is 5.09. The molecule has 0 aromatic heterocycles. The molecule has 0 saturated carbocycles. The van der Waals surface area contributed by atoms with Gasteiger partial charge in [0.25, 0.3) is 0 Å².